The summed E-state index contributed by atoms with van der Waals surface area (Å²) in [6.45, 7) is 3.97. The van der Waals surface area contributed by atoms with Gasteiger partial charge in [0.25, 0.3) is 0 Å². The van der Waals surface area contributed by atoms with E-state index >= 15 is 0 Å². The highest BCUT2D eigenvalue weighted by Crippen LogP contribution is 2.24. The predicted molar refractivity (Wildman–Crippen MR) is 72.9 cm³/mol. The summed E-state index contributed by atoms with van der Waals surface area (Å²) < 4.78 is 27.2. The summed E-state index contributed by atoms with van der Waals surface area (Å²) in [5.41, 5.74) is 9.29. The lowest BCUT2D eigenvalue weighted by molar-refractivity contribution is 0.539. The summed E-state index contributed by atoms with van der Waals surface area (Å²) in [4.78, 5) is 0. The Labute approximate surface area is 112 Å². The summed E-state index contributed by atoms with van der Waals surface area (Å²) in [6, 6.07) is 9.28. The van der Waals surface area contributed by atoms with Crippen LogP contribution in [0.2, 0.25) is 0 Å². The van der Waals surface area contributed by atoms with Gasteiger partial charge in [-0.2, -0.15) is 0 Å². The molecule has 0 amide bonds. The molecule has 0 radical (unpaired) electrons. The molecule has 19 heavy (non-hydrogen) atoms. The van der Waals surface area contributed by atoms with E-state index in [9.17, 15) is 8.78 Å². The van der Waals surface area contributed by atoms with E-state index in [4.69, 9.17) is 5.73 Å². The monoisotopic (exact) mass is 261 g/mol. The number of benzene rings is 2. The van der Waals surface area contributed by atoms with Gasteiger partial charge in [0.15, 0.2) is 0 Å². The average Bonchev–Trinajstić information content (AvgIpc) is 2.37. The lowest BCUT2D eigenvalue weighted by atomic mass is 9.93. The van der Waals surface area contributed by atoms with Crippen molar-refractivity contribution in [2.45, 2.75) is 26.3 Å². The van der Waals surface area contributed by atoms with Gasteiger partial charge in [-0.15, -0.1) is 0 Å². The van der Waals surface area contributed by atoms with Crippen LogP contribution in [0.1, 0.15) is 28.3 Å². The second kappa shape index (κ2) is 5.49. The molecular weight excluding hydrogens is 244 g/mol. The quantitative estimate of drug-likeness (QED) is 0.893. The van der Waals surface area contributed by atoms with Crippen LogP contribution in [0.25, 0.3) is 0 Å². The fourth-order valence-electron chi connectivity index (χ4n) is 2.23. The number of rotatable bonds is 3. The summed E-state index contributed by atoms with van der Waals surface area (Å²) in [6.07, 6.45) is 0.156. The Bertz CT molecular complexity index is 573. The van der Waals surface area contributed by atoms with Crippen LogP contribution in [-0.4, -0.2) is 0 Å². The zero-order valence-electron chi connectivity index (χ0n) is 11.1. The van der Waals surface area contributed by atoms with Gasteiger partial charge in [-0.25, -0.2) is 8.78 Å². The molecule has 0 spiro atoms. The van der Waals surface area contributed by atoms with E-state index in [1.54, 1.807) is 0 Å². The zero-order valence-corrected chi connectivity index (χ0v) is 11.1. The molecule has 0 bridgehead atoms. The molecule has 1 atom stereocenters. The van der Waals surface area contributed by atoms with E-state index in [1.165, 1.54) is 18.2 Å². The highest BCUT2D eigenvalue weighted by Gasteiger charge is 2.16. The van der Waals surface area contributed by atoms with Crippen LogP contribution in [0.5, 0.6) is 0 Å². The summed E-state index contributed by atoms with van der Waals surface area (Å²) in [7, 11) is 0. The van der Waals surface area contributed by atoms with Crippen LogP contribution >= 0.6 is 0 Å². The first kappa shape index (κ1) is 13.7. The lowest BCUT2D eigenvalue weighted by Gasteiger charge is -2.17. The highest BCUT2D eigenvalue weighted by molar-refractivity contribution is 5.36. The van der Waals surface area contributed by atoms with Crippen molar-refractivity contribution in [3.8, 4) is 0 Å². The van der Waals surface area contributed by atoms with Gasteiger partial charge in [0, 0.05) is 11.6 Å². The molecule has 0 aromatic heterocycles. The van der Waals surface area contributed by atoms with Crippen molar-refractivity contribution in [1.29, 1.82) is 0 Å². The fourth-order valence-corrected chi connectivity index (χ4v) is 2.23. The molecule has 0 aliphatic carbocycles. The SMILES string of the molecule is Cc1cccc(C(N)Cc2c(F)cccc2F)c1C. The molecule has 2 rings (SSSR count). The molecule has 100 valence electrons. The van der Waals surface area contributed by atoms with Gasteiger partial charge in [-0.3, -0.25) is 0 Å². The molecule has 0 fully saturated rings. The molecule has 0 aliphatic heterocycles. The van der Waals surface area contributed by atoms with Gasteiger partial charge >= 0.3 is 0 Å². The van der Waals surface area contributed by atoms with E-state index in [0.717, 1.165) is 16.7 Å². The minimum absolute atomic E-state index is 0.0518. The average molecular weight is 261 g/mol. The first-order valence-corrected chi connectivity index (χ1v) is 6.25. The first-order chi connectivity index (χ1) is 9.00. The molecule has 3 heteroatoms. The Morgan fingerprint density at radius 2 is 1.58 bits per heavy atom. The third-order valence-corrected chi connectivity index (χ3v) is 3.53. The topological polar surface area (TPSA) is 26.0 Å². The molecule has 0 heterocycles. The Morgan fingerprint density at radius 3 is 2.21 bits per heavy atom. The normalized spacial score (nSPS) is 12.5. The maximum absolute atomic E-state index is 13.6. The van der Waals surface area contributed by atoms with Crippen molar-refractivity contribution in [3.63, 3.8) is 0 Å². The second-order valence-electron chi connectivity index (χ2n) is 4.80. The van der Waals surface area contributed by atoms with E-state index < -0.39 is 17.7 Å². The van der Waals surface area contributed by atoms with Gasteiger partial charge in [0.1, 0.15) is 11.6 Å². The van der Waals surface area contributed by atoms with Crippen LogP contribution in [0, 0.1) is 25.5 Å². The van der Waals surface area contributed by atoms with Crippen LogP contribution in [-0.2, 0) is 6.42 Å². The maximum Gasteiger partial charge on any atom is 0.129 e. The Balaban J connectivity index is 2.31. The van der Waals surface area contributed by atoms with Gasteiger partial charge in [0.05, 0.1) is 0 Å². The summed E-state index contributed by atoms with van der Waals surface area (Å²) >= 11 is 0. The molecule has 2 aromatic carbocycles. The largest absolute Gasteiger partial charge is 0.324 e. The third kappa shape index (κ3) is 2.82. The van der Waals surface area contributed by atoms with Crippen molar-refractivity contribution in [2.24, 2.45) is 5.73 Å². The van der Waals surface area contributed by atoms with E-state index in [-0.39, 0.29) is 12.0 Å². The number of aryl methyl sites for hydroxylation is 1. The molecule has 2 N–H and O–H groups in total. The van der Waals surface area contributed by atoms with Crippen molar-refractivity contribution in [1.82, 2.24) is 0 Å². The minimum atomic E-state index is -0.541. The first-order valence-electron chi connectivity index (χ1n) is 6.25. The van der Waals surface area contributed by atoms with Crippen molar-refractivity contribution in [3.05, 3.63) is 70.3 Å². The second-order valence-corrected chi connectivity index (χ2v) is 4.80. The van der Waals surface area contributed by atoms with Crippen LogP contribution < -0.4 is 5.73 Å². The molecule has 1 unspecified atom stereocenters. The van der Waals surface area contributed by atoms with E-state index in [1.807, 2.05) is 32.0 Å². The van der Waals surface area contributed by atoms with Gasteiger partial charge < -0.3 is 5.73 Å². The van der Waals surface area contributed by atoms with E-state index in [2.05, 4.69) is 0 Å². The number of hydrogen-bond acceptors (Lipinski definition) is 1. The standard InChI is InChI=1S/C16H17F2N/c1-10-5-3-6-12(11(10)2)16(19)9-13-14(17)7-4-8-15(13)18/h3-8,16H,9,19H2,1-2H3. The molecular formula is C16H17F2N. The molecule has 0 aliphatic rings. The summed E-state index contributed by atoms with van der Waals surface area (Å²) in [5.74, 6) is -1.08. The molecule has 0 saturated heterocycles. The third-order valence-electron chi connectivity index (χ3n) is 3.53. The van der Waals surface area contributed by atoms with Gasteiger partial charge in [0.2, 0.25) is 0 Å². The van der Waals surface area contributed by atoms with Crippen molar-refractivity contribution in [2.75, 3.05) is 0 Å². The van der Waals surface area contributed by atoms with Crippen LogP contribution in [0.3, 0.4) is 0 Å². The molecule has 2 aromatic rings. The highest BCUT2D eigenvalue weighted by atomic mass is 19.1. The maximum atomic E-state index is 13.6. The van der Waals surface area contributed by atoms with E-state index in [0.29, 0.717) is 0 Å². The van der Waals surface area contributed by atoms with Gasteiger partial charge in [-0.05, 0) is 49.1 Å². The Hall–Kier alpha value is -1.74. The van der Waals surface area contributed by atoms with Crippen molar-refractivity contribution >= 4 is 0 Å². The smallest absolute Gasteiger partial charge is 0.129 e. The fraction of sp³-hybridized carbons (Fsp3) is 0.250. The minimum Gasteiger partial charge on any atom is -0.324 e. The number of halogens is 2. The number of hydrogen-bond donors (Lipinski definition) is 1. The van der Waals surface area contributed by atoms with Crippen LogP contribution in [0.4, 0.5) is 8.78 Å². The summed E-state index contributed by atoms with van der Waals surface area (Å²) in [5, 5.41) is 0. The zero-order chi connectivity index (χ0) is 14.0. The lowest BCUT2D eigenvalue weighted by Crippen LogP contribution is -2.16. The Morgan fingerprint density at radius 1 is 1.00 bits per heavy atom. The Kier molecular flexibility index (Phi) is 3.96. The van der Waals surface area contributed by atoms with Crippen molar-refractivity contribution < 1.29 is 8.78 Å². The number of nitrogens with two attached hydrogens (primary N) is 1. The predicted octanol–water partition coefficient (Wildman–Crippen LogP) is 3.82. The van der Waals surface area contributed by atoms with Gasteiger partial charge in [-0.1, -0.05) is 24.3 Å². The molecule has 1 nitrogen and oxygen atoms in total. The molecule has 0 saturated carbocycles. The van der Waals surface area contributed by atoms with Crippen LogP contribution in [0.15, 0.2) is 36.4 Å².